The van der Waals surface area contributed by atoms with Crippen molar-refractivity contribution in [3.8, 4) is 17.2 Å². The second-order valence-corrected chi connectivity index (χ2v) is 7.28. The van der Waals surface area contributed by atoms with Crippen molar-refractivity contribution in [2.45, 2.75) is 13.3 Å². The van der Waals surface area contributed by atoms with Gasteiger partial charge >= 0.3 is 5.97 Å². The average molecular weight is 435 g/mol. The van der Waals surface area contributed by atoms with Crippen molar-refractivity contribution in [2.24, 2.45) is 0 Å². The summed E-state index contributed by atoms with van der Waals surface area (Å²) in [6.45, 7) is 2.41. The minimum Gasteiger partial charge on any atom is -0.493 e. The monoisotopic (exact) mass is 434 g/mol. The van der Waals surface area contributed by atoms with E-state index in [0.29, 0.717) is 34.4 Å². The number of hydrogen-bond acceptors (Lipinski definition) is 5. The molecule has 0 saturated heterocycles. The van der Waals surface area contributed by atoms with Crippen molar-refractivity contribution in [1.82, 2.24) is 0 Å². The van der Waals surface area contributed by atoms with Gasteiger partial charge in [0.15, 0.2) is 5.76 Å². The molecule has 31 heavy (non-hydrogen) atoms. The van der Waals surface area contributed by atoms with Crippen LogP contribution >= 0.6 is 11.6 Å². The number of hydrogen-bond donors (Lipinski definition) is 0. The van der Waals surface area contributed by atoms with Crippen molar-refractivity contribution in [3.63, 3.8) is 0 Å². The van der Waals surface area contributed by atoms with Crippen molar-refractivity contribution < 1.29 is 23.8 Å². The van der Waals surface area contributed by atoms with Crippen LogP contribution in [-0.4, -0.2) is 18.4 Å². The normalized spacial score (nSPS) is 13.6. The molecule has 5 nitrogen and oxygen atoms in total. The number of ketones is 1. The van der Waals surface area contributed by atoms with Crippen molar-refractivity contribution in [1.29, 1.82) is 0 Å². The van der Waals surface area contributed by atoms with Crippen LogP contribution in [0, 0.1) is 0 Å². The number of carbonyl (C=O) groups excluding carboxylic acids is 2. The van der Waals surface area contributed by atoms with E-state index < -0.39 is 5.97 Å². The molecule has 4 rings (SSSR count). The highest BCUT2D eigenvalue weighted by molar-refractivity contribution is 6.30. The standard InChI is InChI=1S/C25H19ClO5/c1-2-29-21-6-4-3-5-17(21)14-23-25(28)20-12-11-19(15-22(20)31-23)30-24(27)13-16-7-9-18(26)10-8-16/h3-12,14-15H,2,13H2,1H3/b23-14-. The maximum absolute atomic E-state index is 12.7. The van der Waals surface area contributed by atoms with Gasteiger partial charge in [0.05, 0.1) is 18.6 Å². The Morgan fingerprint density at radius 3 is 2.61 bits per heavy atom. The summed E-state index contributed by atoms with van der Waals surface area (Å²) in [5.41, 5.74) is 1.95. The lowest BCUT2D eigenvalue weighted by atomic mass is 10.1. The van der Waals surface area contributed by atoms with Crippen LogP contribution in [0.1, 0.15) is 28.4 Å². The number of ether oxygens (including phenoxy) is 3. The molecule has 3 aromatic rings. The highest BCUT2D eigenvalue weighted by atomic mass is 35.5. The number of carbonyl (C=O) groups is 2. The molecule has 156 valence electrons. The number of Topliss-reactive ketones (excluding diaryl/α,β-unsaturated/α-hetero) is 1. The van der Waals surface area contributed by atoms with E-state index in [1.807, 2.05) is 31.2 Å². The van der Waals surface area contributed by atoms with Crippen LogP contribution in [0.3, 0.4) is 0 Å². The van der Waals surface area contributed by atoms with Crippen LogP contribution < -0.4 is 14.2 Å². The zero-order chi connectivity index (χ0) is 21.8. The van der Waals surface area contributed by atoms with Crippen molar-refractivity contribution >= 4 is 29.4 Å². The molecule has 0 amide bonds. The second kappa shape index (κ2) is 9.06. The first kappa shape index (κ1) is 20.7. The number of fused-ring (bicyclic) bond motifs is 1. The Kier molecular flexibility index (Phi) is 6.05. The van der Waals surface area contributed by atoms with Crippen LogP contribution in [0.15, 0.2) is 72.5 Å². The number of benzene rings is 3. The molecular formula is C25H19ClO5. The molecule has 3 aromatic carbocycles. The highest BCUT2D eigenvalue weighted by Gasteiger charge is 2.28. The molecular weight excluding hydrogens is 416 g/mol. The number of para-hydroxylation sites is 1. The van der Waals surface area contributed by atoms with Gasteiger partial charge < -0.3 is 14.2 Å². The first-order chi connectivity index (χ1) is 15.0. The molecule has 0 radical (unpaired) electrons. The molecule has 0 unspecified atom stereocenters. The lowest BCUT2D eigenvalue weighted by Gasteiger charge is -2.07. The van der Waals surface area contributed by atoms with Crippen molar-refractivity contribution in [3.05, 3.63) is 94.2 Å². The Hall–Kier alpha value is -3.57. The molecule has 0 saturated carbocycles. The van der Waals surface area contributed by atoms with E-state index in [1.54, 1.807) is 48.5 Å². The zero-order valence-electron chi connectivity index (χ0n) is 16.8. The maximum atomic E-state index is 12.7. The third kappa shape index (κ3) is 4.78. The van der Waals surface area contributed by atoms with Crippen LogP contribution in [0.4, 0.5) is 0 Å². The largest absolute Gasteiger partial charge is 0.493 e. The summed E-state index contributed by atoms with van der Waals surface area (Å²) < 4.78 is 16.8. The van der Waals surface area contributed by atoms with E-state index in [-0.39, 0.29) is 18.0 Å². The molecule has 0 fully saturated rings. The fourth-order valence-corrected chi connectivity index (χ4v) is 3.32. The van der Waals surface area contributed by atoms with E-state index in [0.717, 1.165) is 11.1 Å². The number of rotatable bonds is 6. The van der Waals surface area contributed by atoms with Gasteiger partial charge in [-0.2, -0.15) is 0 Å². The second-order valence-electron chi connectivity index (χ2n) is 6.85. The Balaban J connectivity index is 1.49. The Bertz CT molecular complexity index is 1160. The first-order valence-electron chi connectivity index (χ1n) is 9.78. The van der Waals surface area contributed by atoms with Gasteiger partial charge in [0.2, 0.25) is 5.78 Å². The number of allylic oxidation sites excluding steroid dienone is 1. The van der Waals surface area contributed by atoms with Gasteiger partial charge in [0, 0.05) is 16.7 Å². The van der Waals surface area contributed by atoms with Crippen LogP contribution in [0.2, 0.25) is 5.02 Å². The Morgan fingerprint density at radius 2 is 1.84 bits per heavy atom. The molecule has 0 aromatic heterocycles. The molecule has 0 spiro atoms. The molecule has 0 bridgehead atoms. The molecule has 1 heterocycles. The molecule has 1 aliphatic rings. The summed E-state index contributed by atoms with van der Waals surface area (Å²) in [4.78, 5) is 25.0. The minimum absolute atomic E-state index is 0.105. The third-order valence-corrected chi connectivity index (χ3v) is 4.89. The predicted octanol–water partition coefficient (Wildman–Crippen LogP) is 5.50. The van der Waals surface area contributed by atoms with Gasteiger partial charge in [-0.3, -0.25) is 9.59 Å². The summed E-state index contributed by atoms with van der Waals surface area (Å²) in [5, 5.41) is 0.602. The fourth-order valence-electron chi connectivity index (χ4n) is 3.20. The van der Waals surface area contributed by atoms with Gasteiger partial charge in [0.25, 0.3) is 0 Å². The van der Waals surface area contributed by atoms with E-state index in [2.05, 4.69) is 0 Å². The fraction of sp³-hybridized carbons (Fsp3) is 0.120. The minimum atomic E-state index is -0.423. The van der Waals surface area contributed by atoms with Crippen molar-refractivity contribution in [2.75, 3.05) is 6.61 Å². The zero-order valence-corrected chi connectivity index (χ0v) is 17.5. The summed E-state index contributed by atoms with van der Waals surface area (Å²) in [6.07, 6.45) is 1.76. The summed E-state index contributed by atoms with van der Waals surface area (Å²) in [6, 6.07) is 19.1. The third-order valence-electron chi connectivity index (χ3n) is 4.64. The van der Waals surface area contributed by atoms with E-state index >= 15 is 0 Å². The molecule has 1 aliphatic heterocycles. The lowest BCUT2D eigenvalue weighted by molar-refractivity contribution is -0.133. The smallest absolute Gasteiger partial charge is 0.315 e. The number of esters is 1. The number of halogens is 1. The Morgan fingerprint density at radius 1 is 1.06 bits per heavy atom. The van der Waals surface area contributed by atoms with Gasteiger partial charge in [-0.05, 0) is 48.9 Å². The topological polar surface area (TPSA) is 61.8 Å². The Labute approximate surface area is 184 Å². The predicted molar refractivity (Wildman–Crippen MR) is 118 cm³/mol. The van der Waals surface area contributed by atoms with E-state index in [9.17, 15) is 9.59 Å². The quantitative estimate of drug-likeness (QED) is 0.291. The highest BCUT2D eigenvalue weighted by Crippen LogP contribution is 2.35. The summed E-state index contributed by atoms with van der Waals surface area (Å²) in [5.74, 6) is 0.852. The van der Waals surface area contributed by atoms with Gasteiger partial charge in [-0.25, -0.2) is 0 Å². The summed E-state index contributed by atoms with van der Waals surface area (Å²) in [7, 11) is 0. The van der Waals surface area contributed by atoms with Gasteiger partial charge in [-0.1, -0.05) is 41.9 Å². The SMILES string of the molecule is CCOc1ccccc1/C=C1\Oc2cc(OC(=O)Cc3ccc(Cl)cc3)ccc2C1=O. The average Bonchev–Trinajstić information content (AvgIpc) is 3.06. The van der Waals surface area contributed by atoms with Gasteiger partial charge in [0.1, 0.15) is 17.2 Å². The van der Waals surface area contributed by atoms with Gasteiger partial charge in [-0.15, -0.1) is 0 Å². The molecule has 0 N–H and O–H groups in total. The van der Waals surface area contributed by atoms with E-state index in [1.165, 1.54) is 0 Å². The molecule has 0 aliphatic carbocycles. The first-order valence-corrected chi connectivity index (χ1v) is 10.2. The van der Waals surface area contributed by atoms with Crippen LogP contribution in [0.25, 0.3) is 6.08 Å². The van der Waals surface area contributed by atoms with Crippen LogP contribution in [-0.2, 0) is 11.2 Å². The van der Waals surface area contributed by atoms with Crippen LogP contribution in [0.5, 0.6) is 17.2 Å². The molecule has 0 atom stereocenters. The summed E-state index contributed by atoms with van der Waals surface area (Å²) >= 11 is 5.86. The lowest BCUT2D eigenvalue weighted by Crippen LogP contribution is -2.11. The maximum Gasteiger partial charge on any atom is 0.315 e. The molecule has 6 heteroatoms. The van der Waals surface area contributed by atoms with E-state index in [4.69, 9.17) is 25.8 Å².